The molecule has 0 aromatic rings. The number of nitrogens with one attached hydrogen (secondary N) is 1. The minimum atomic E-state index is -3.03. The zero-order valence-corrected chi connectivity index (χ0v) is 10.5. The zero-order chi connectivity index (χ0) is 12.4. The Hall–Kier alpha value is -0.620. The van der Waals surface area contributed by atoms with Crippen molar-refractivity contribution in [3.8, 4) is 0 Å². The molecule has 94 valence electrons. The first-order valence-corrected chi connectivity index (χ1v) is 7.27. The lowest BCUT2D eigenvalue weighted by atomic mass is 9.98. The summed E-state index contributed by atoms with van der Waals surface area (Å²) in [6.45, 7) is 3.46. The largest absolute Gasteiger partial charge is 0.394 e. The van der Waals surface area contributed by atoms with Crippen LogP contribution in [-0.2, 0) is 14.6 Å². The van der Waals surface area contributed by atoms with Gasteiger partial charge in [-0.15, -0.1) is 0 Å². The van der Waals surface area contributed by atoms with Crippen molar-refractivity contribution >= 4 is 15.7 Å². The van der Waals surface area contributed by atoms with Crippen molar-refractivity contribution < 1.29 is 18.3 Å². The van der Waals surface area contributed by atoms with Gasteiger partial charge in [0.25, 0.3) is 0 Å². The summed E-state index contributed by atoms with van der Waals surface area (Å²) < 4.78 is 22.4. The Morgan fingerprint density at radius 3 is 2.56 bits per heavy atom. The fourth-order valence-corrected chi connectivity index (χ4v) is 3.38. The first-order chi connectivity index (χ1) is 7.32. The maximum absolute atomic E-state index is 11.8. The van der Waals surface area contributed by atoms with Crippen LogP contribution in [0.4, 0.5) is 0 Å². The molecule has 0 aromatic heterocycles. The van der Waals surface area contributed by atoms with E-state index in [1.54, 1.807) is 6.92 Å². The fourth-order valence-electron chi connectivity index (χ4n) is 1.64. The van der Waals surface area contributed by atoms with E-state index in [4.69, 9.17) is 5.11 Å². The smallest absolute Gasteiger partial charge is 0.224 e. The summed E-state index contributed by atoms with van der Waals surface area (Å²) >= 11 is 0. The van der Waals surface area contributed by atoms with E-state index in [9.17, 15) is 13.2 Å². The summed E-state index contributed by atoms with van der Waals surface area (Å²) in [5.41, 5.74) is -0.649. The van der Waals surface area contributed by atoms with Crippen molar-refractivity contribution in [3.05, 3.63) is 0 Å². The predicted octanol–water partition coefficient (Wildman–Crippen LogP) is -0.302. The standard InChI is InChI=1S/C10H19NO4S/c1-3-10(2,7-12)11-9(13)8-4-5-16(14,15)6-8/h8,12H,3-7H2,1-2H3,(H,11,13). The van der Waals surface area contributed by atoms with Crippen molar-refractivity contribution in [1.82, 2.24) is 5.32 Å². The van der Waals surface area contributed by atoms with Crippen molar-refractivity contribution in [2.24, 2.45) is 5.92 Å². The van der Waals surface area contributed by atoms with Crippen LogP contribution in [0.25, 0.3) is 0 Å². The van der Waals surface area contributed by atoms with Gasteiger partial charge in [0, 0.05) is 0 Å². The third-order valence-electron chi connectivity index (χ3n) is 3.16. The Bertz CT molecular complexity index is 359. The van der Waals surface area contributed by atoms with Crippen LogP contribution in [0, 0.1) is 5.92 Å². The van der Waals surface area contributed by atoms with Crippen LogP contribution >= 0.6 is 0 Å². The number of hydrogen-bond acceptors (Lipinski definition) is 4. The average molecular weight is 249 g/mol. The minimum Gasteiger partial charge on any atom is -0.394 e. The lowest BCUT2D eigenvalue weighted by Crippen LogP contribution is -2.50. The monoisotopic (exact) mass is 249 g/mol. The number of rotatable bonds is 4. The molecule has 1 aliphatic rings. The molecular weight excluding hydrogens is 230 g/mol. The second-order valence-electron chi connectivity index (χ2n) is 4.66. The number of aliphatic hydroxyl groups is 1. The molecule has 0 aromatic carbocycles. The Morgan fingerprint density at radius 1 is 1.56 bits per heavy atom. The molecule has 5 nitrogen and oxygen atoms in total. The molecule has 1 saturated heterocycles. The Labute approximate surface area is 96.1 Å². The summed E-state index contributed by atoms with van der Waals surface area (Å²) in [4.78, 5) is 11.8. The first kappa shape index (κ1) is 13.4. The summed E-state index contributed by atoms with van der Waals surface area (Å²) in [5, 5.41) is 11.9. The van der Waals surface area contributed by atoms with E-state index in [2.05, 4.69) is 5.32 Å². The van der Waals surface area contributed by atoms with Crippen LogP contribution in [0.2, 0.25) is 0 Å². The van der Waals surface area contributed by atoms with Gasteiger partial charge in [-0.25, -0.2) is 8.42 Å². The molecule has 2 N–H and O–H groups in total. The number of carbonyl (C=O) groups excluding carboxylic acids is 1. The maximum Gasteiger partial charge on any atom is 0.224 e. The van der Waals surface area contributed by atoms with Crippen LogP contribution in [0.1, 0.15) is 26.7 Å². The topological polar surface area (TPSA) is 83.5 Å². The predicted molar refractivity (Wildman–Crippen MR) is 60.7 cm³/mol. The molecule has 1 rings (SSSR count). The Morgan fingerprint density at radius 2 is 2.19 bits per heavy atom. The molecule has 1 heterocycles. The Balaban J connectivity index is 2.60. The van der Waals surface area contributed by atoms with Gasteiger partial charge < -0.3 is 10.4 Å². The van der Waals surface area contributed by atoms with Gasteiger partial charge in [0.05, 0.1) is 29.6 Å². The second-order valence-corrected chi connectivity index (χ2v) is 6.89. The van der Waals surface area contributed by atoms with Gasteiger partial charge in [0.2, 0.25) is 5.91 Å². The zero-order valence-electron chi connectivity index (χ0n) is 9.69. The highest BCUT2D eigenvalue weighted by atomic mass is 32.2. The van der Waals surface area contributed by atoms with Crippen LogP contribution in [0.15, 0.2) is 0 Å². The highest BCUT2D eigenvalue weighted by Crippen LogP contribution is 2.20. The van der Waals surface area contributed by atoms with E-state index in [1.165, 1.54) is 0 Å². The van der Waals surface area contributed by atoms with Crippen molar-refractivity contribution in [1.29, 1.82) is 0 Å². The number of hydrogen-bond donors (Lipinski definition) is 2. The normalized spacial score (nSPS) is 27.3. The number of carbonyl (C=O) groups is 1. The molecule has 0 saturated carbocycles. The van der Waals surface area contributed by atoms with Gasteiger partial charge in [-0.2, -0.15) is 0 Å². The van der Waals surface area contributed by atoms with Gasteiger partial charge in [0.15, 0.2) is 9.84 Å². The molecular formula is C10H19NO4S. The van der Waals surface area contributed by atoms with E-state index in [-0.39, 0.29) is 24.0 Å². The molecule has 1 fully saturated rings. The number of aliphatic hydroxyl groups excluding tert-OH is 1. The van der Waals surface area contributed by atoms with Crippen LogP contribution in [0.5, 0.6) is 0 Å². The van der Waals surface area contributed by atoms with Gasteiger partial charge in [0.1, 0.15) is 0 Å². The molecule has 0 spiro atoms. The molecule has 16 heavy (non-hydrogen) atoms. The molecule has 0 bridgehead atoms. The average Bonchev–Trinajstić information content (AvgIpc) is 2.58. The fraction of sp³-hybridized carbons (Fsp3) is 0.900. The molecule has 6 heteroatoms. The van der Waals surface area contributed by atoms with Gasteiger partial charge in [-0.05, 0) is 19.8 Å². The summed E-state index contributed by atoms with van der Waals surface area (Å²) in [6.07, 6.45) is 0.994. The first-order valence-electron chi connectivity index (χ1n) is 5.45. The van der Waals surface area contributed by atoms with E-state index in [0.29, 0.717) is 12.8 Å². The lowest BCUT2D eigenvalue weighted by molar-refractivity contribution is -0.126. The summed E-state index contributed by atoms with van der Waals surface area (Å²) in [5.74, 6) is -0.696. The Kier molecular flexibility index (Phi) is 3.96. The molecule has 0 aliphatic carbocycles. The molecule has 0 radical (unpaired) electrons. The molecule has 1 amide bonds. The summed E-state index contributed by atoms with van der Waals surface area (Å²) in [7, 11) is -3.03. The van der Waals surface area contributed by atoms with E-state index in [0.717, 1.165) is 0 Å². The van der Waals surface area contributed by atoms with E-state index >= 15 is 0 Å². The third-order valence-corrected chi connectivity index (χ3v) is 4.93. The van der Waals surface area contributed by atoms with Crippen molar-refractivity contribution in [3.63, 3.8) is 0 Å². The van der Waals surface area contributed by atoms with Crippen LogP contribution in [0.3, 0.4) is 0 Å². The van der Waals surface area contributed by atoms with Crippen LogP contribution < -0.4 is 5.32 Å². The van der Waals surface area contributed by atoms with Gasteiger partial charge in [-0.3, -0.25) is 4.79 Å². The minimum absolute atomic E-state index is 0.0654. The number of amides is 1. The molecule has 2 atom stereocenters. The van der Waals surface area contributed by atoms with Crippen LogP contribution in [-0.4, -0.2) is 43.1 Å². The third kappa shape index (κ3) is 3.18. The van der Waals surface area contributed by atoms with E-state index < -0.39 is 21.3 Å². The quantitative estimate of drug-likeness (QED) is 0.716. The van der Waals surface area contributed by atoms with Gasteiger partial charge >= 0.3 is 0 Å². The highest BCUT2D eigenvalue weighted by molar-refractivity contribution is 7.91. The van der Waals surface area contributed by atoms with Crippen molar-refractivity contribution in [2.75, 3.05) is 18.1 Å². The summed E-state index contributed by atoms with van der Waals surface area (Å²) in [6, 6.07) is 0. The van der Waals surface area contributed by atoms with Gasteiger partial charge in [-0.1, -0.05) is 6.92 Å². The SMILES string of the molecule is CCC(C)(CO)NC(=O)C1CCS(=O)(=O)C1. The second kappa shape index (κ2) is 4.71. The molecule has 2 unspecified atom stereocenters. The maximum atomic E-state index is 11.8. The van der Waals surface area contributed by atoms with Crippen molar-refractivity contribution in [2.45, 2.75) is 32.2 Å². The number of sulfone groups is 1. The lowest BCUT2D eigenvalue weighted by Gasteiger charge is -2.28. The highest BCUT2D eigenvalue weighted by Gasteiger charge is 2.35. The van der Waals surface area contributed by atoms with E-state index in [1.807, 2.05) is 6.92 Å². The molecule has 1 aliphatic heterocycles.